The van der Waals surface area contributed by atoms with Crippen LogP contribution >= 0.6 is 0 Å². The van der Waals surface area contributed by atoms with Crippen LogP contribution in [0.2, 0.25) is 0 Å². The minimum atomic E-state index is 0. The largest absolute Gasteiger partial charge is 0.269 e. The minimum absolute atomic E-state index is 0. The molecule has 0 atom stereocenters. The summed E-state index contributed by atoms with van der Waals surface area (Å²) in [6, 6.07) is 0. The lowest BCUT2D eigenvalue weighted by atomic mass is 9.78. The first-order valence-electron chi connectivity index (χ1n) is 3.71. The molecular weight excluding hydrogens is 115 g/mol. The van der Waals surface area contributed by atoms with Crippen molar-refractivity contribution in [1.29, 1.82) is 0 Å². The minimum Gasteiger partial charge on any atom is -0.269 e. The molecule has 1 aliphatic rings. The highest BCUT2D eigenvalue weighted by atomic mass is 19.0. The molecule has 0 aliphatic heterocycles. The van der Waals surface area contributed by atoms with Crippen molar-refractivity contribution in [1.82, 2.24) is 0 Å². The Hall–Kier alpha value is -0.0700. The van der Waals surface area contributed by atoms with Crippen molar-refractivity contribution in [2.75, 3.05) is 0 Å². The van der Waals surface area contributed by atoms with E-state index in [2.05, 4.69) is 13.8 Å². The molecule has 0 N–H and O–H groups in total. The predicted molar refractivity (Wildman–Crippen MR) is 39.4 cm³/mol. The van der Waals surface area contributed by atoms with E-state index in [0.717, 1.165) is 0 Å². The highest BCUT2D eigenvalue weighted by Crippen LogP contribution is 2.34. The van der Waals surface area contributed by atoms with Gasteiger partial charge in [0.15, 0.2) is 0 Å². The molecule has 9 heavy (non-hydrogen) atoms. The van der Waals surface area contributed by atoms with Gasteiger partial charge in [-0.25, -0.2) is 0 Å². The third-order valence-electron chi connectivity index (χ3n) is 2.21. The monoisotopic (exact) mass is 132 g/mol. The molecule has 0 bridgehead atoms. The second kappa shape index (κ2) is 3.19. The van der Waals surface area contributed by atoms with Gasteiger partial charge in [-0.15, -0.1) is 0 Å². The topological polar surface area (TPSA) is 0 Å². The van der Waals surface area contributed by atoms with Crippen LogP contribution in [-0.2, 0) is 0 Å². The van der Waals surface area contributed by atoms with Crippen molar-refractivity contribution in [3.63, 3.8) is 0 Å². The van der Waals surface area contributed by atoms with Crippen LogP contribution in [0.4, 0.5) is 4.70 Å². The molecule has 1 saturated carbocycles. The van der Waals surface area contributed by atoms with Gasteiger partial charge in [0.1, 0.15) is 0 Å². The van der Waals surface area contributed by atoms with Crippen molar-refractivity contribution in [3.8, 4) is 0 Å². The molecule has 1 heteroatoms. The van der Waals surface area contributed by atoms with Gasteiger partial charge >= 0.3 is 0 Å². The molecule has 0 nitrogen and oxygen atoms in total. The van der Waals surface area contributed by atoms with E-state index in [1.165, 1.54) is 32.1 Å². The molecule has 0 aromatic carbocycles. The van der Waals surface area contributed by atoms with Gasteiger partial charge < -0.3 is 0 Å². The second-order valence-corrected chi connectivity index (χ2v) is 3.72. The smallest absolute Gasteiger partial charge is 0.0354 e. The standard InChI is InChI=1S/C8H16.FH/c1-8(2)6-4-3-5-7-8;/h3-7H2,1-2H3;1H. The van der Waals surface area contributed by atoms with Gasteiger partial charge in [0.05, 0.1) is 0 Å². The van der Waals surface area contributed by atoms with Gasteiger partial charge in [0.25, 0.3) is 0 Å². The Kier molecular flexibility index (Phi) is 3.16. The quantitative estimate of drug-likeness (QED) is 0.475. The normalized spacial score (nSPS) is 24.7. The summed E-state index contributed by atoms with van der Waals surface area (Å²) in [6.45, 7) is 4.76. The van der Waals surface area contributed by atoms with Crippen LogP contribution in [0.1, 0.15) is 46.0 Å². The number of hydrogen-bond donors (Lipinski definition) is 0. The van der Waals surface area contributed by atoms with Crippen LogP contribution in [0, 0.1) is 5.41 Å². The molecule has 0 aromatic rings. The summed E-state index contributed by atoms with van der Waals surface area (Å²) < 4.78 is 0. The summed E-state index contributed by atoms with van der Waals surface area (Å²) >= 11 is 0. The van der Waals surface area contributed by atoms with Crippen LogP contribution < -0.4 is 0 Å². The molecule has 0 spiro atoms. The van der Waals surface area contributed by atoms with Crippen molar-refractivity contribution in [2.24, 2.45) is 5.41 Å². The SMILES string of the molecule is CC1(C)CCCCC1.F. The molecule has 1 rings (SSSR count). The van der Waals surface area contributed by atoms with Gasteiger partial charge in [-0.2, -0.15) is 0 Å². The van der Waals surface area contributed by atoms with Gasteiger partial charge in [0.2, 0.25) is 0 Å². The Balaban J connectivity index is 0.000000640. The van der Waals surface area contributed by atoms with E-state index in [1.54, 1.807) is 0 Å². The molecular formula is C8H17F. The highest BCUT2D eigenvalue weighted by molar-refractivity contribution is 4.72. The Morgan fingerprint density at radius 1 is 0.889 bits per heavy atom. The van der Waals surface area contributed by atoms with Crippen LogP contribution in [0.15, 0.2) is 0 Å². The molecule has 1 fully saturated rings. The van der Waals surface area contributed by atoms with E-state index < -0.39 is 0 Å². The van der Waals surface area contributed by atoms with E-state index in [-0.39, 0.29) is 4.70 Å². The van der Waals surface area contributed by atoms with Gasteiger partial charge in [-0.1, -0.05) is 33.1 Å². The average Bonchev–Trinajstić information content (AvgIpc) is 1.65. The lowest BCUT2D eigenvalue weighted by molar-refractivity contribution is 0.244. The Morgan fingerprint density at radius 2 is 1.33 bits per heavy atom. The van der Waals surface area contributed by atoms with Crippen LogP contribution in [0.25, 0.3) is 0 Å². The molecule has 0 unspecified atom stereocenters. The summed E-state index contributed by atoms with van der Waals surface area (Å²) in [4.78, 5) is 0. The maximum absolute atomic E-state index is 2.38. The van der Waals surface area contributed by atoms with Crippen molar-refractivity contribution >= 4 is 0 Å². The number of hydrogen-bond acceptors (Lipinski definition) is 0. The summed E-state index contributed by atoms with van der Waals surface area (Å²) in [7, 11) is 0. The Labute approximate surface area is 57.0 Å². The number of halogens is 1. The fourth-order valence-electron chi connectivity index (χ4n) is 1.51. The maximum Gasteiger partial charge on any atom is -0.0354 e. The second-order valence-electron chi connectivity index (χ2n) is 3.72. The van der Waals surface area contributed by atoms with Crippen molar-refractivity contribution in [2.45, 2.75) is 46.0 Å². The average molecular weight is 132 g/mol. The fourth-order valence-corrected chi connectivity index (χ4v) is 1.51. The number of rotatable bonds is 0. The fraction of sp³-hybridized carbons (Fsp3) is 1.00. The van der Waals surface area contributed by atoms with E-state index in [1.807, 2.05) is 0 Å². The summed E-state index contributed by atoms with van der Waals surface area (Å²) in [5, 5.41) is 0. The maximum atomic E-state index is 2.38. The first kappa shape index (κ1) is 8.93. The first-order valence-corrected chi connectivity index (χ1v) is 3.71. The summed E-state index contributed by atoms with van der Waals surface area (Å²) in [5.41, 5.74) is 0.679. The molecule has 0 radical (unpaired) electrons. The van der Waals surface area contributed by atoms with E-state index in [9.17, 15) is 0 Å². The molecule has 0 heterocycles. The van der Waals surface area contributed by atoms with Gasteiger partial charge in [0, 0.05) is 0 Å². The predicted octanol–water partition coefficient (Wildman–Crippen LogP) is 3.13. The van der Waals surface area contributed by atoms with Crippen LogP contribution in [0.5, 0.6) is 0 Å². The summed E-state index contributed by atoms with van der Waals surface area (Å²) in [5.74, 6) is 0. The molecule has 0 amide bonds. The zero-order valence-electron chi connectivity index (χ0n) is 6.44. The Bertz CT molecular complexity index is 68.6. The zero-order chi connectivity index (χ0) is 6.04. The molecule has 56 valence electrons. The molecule has 0 saturated heterocycles. The highest BCUT2D eigenvalue weighted by Gasteiger charge is 2.19. The van der Waals surface area contributed by atoms with Crippen molar-refractivity contribution in [3.05, 3.63) is 0 Å². The lowest BCUT2D eigenvalue weighted by Gasteiger charge is -2.28. The third kappa shape index (κ3) is 2.83. The van der Waals surface area contributed by atoms with Gasteiger partial charge in [-0.3, -0.25) is 4.70 Å². The van der Waals surface area contributed by atoms with Gasteiger partial charge in [-0.05, 0) is 18.3 Å². The lowest BCUT2D eigenvalue weighted by Crippen LogP contribution is -2.14. The van der Waals surface area contributed by atoms with Crippen LogP contribution in [0.3, 0.4) is 0 Å². The van der Waals surface area contributed by atoms with E-state index >= 15 is 0 Å². The first-order chi connectivity index (χ1) is 3.71. The third-order valence-corrected chi connectivity index (χ3v) is 2.21. The van der Waals surface area contributed by atoms with Crippen LogP contribution in [-0.4, -0.2) is 0 Å². The summed E-state index contributed by atoms with van der Waals surface area (Å²) in [6.07, 6.45) is 7.31. The molecule has 0 aromatic heterocycles. The Morgan fingerprint density at radius 3 is 1.56 bits per heavy atom. The van der Waals surface area contributed by atoms with E-state index in [4.69, 9.17) is 0 Å². The van der Waals surface area contributed by atoms with E-state index in [0.29, 0.717) is 5.41 Å². The molecule has 1 aliphatic carbocycles. The zero-order valence-corrected chi connectivity index (χ0v) is 6.44. The van der Waals surface area contributed by atoms with Crippen molar-refractivity contribution < 1.29 is 4.70 Å².